The smallest absolute Gasteiger partial charge is 0.327 e. The summed E-state index contributed by atoms with van der Waals surface area (Å²) in [6.45, 7) is 4.31. The van der Waals surface area contributed by atoms with Gasteiger partial charge >= 0.3 is 5.97 Å². The van der Waals surface area contributed by atoms with Crippen molar-refractivity contribution < 1.29 is 14.7 Å². The first-order chi connectivity index (χ1) is 8.01. The summed E-state index contributed by atoms with van der Waals surface area (Å²) < 4.78 is 0. The minimum Gasteiger partial charge on any atom is -0.480 e. The number of hydrogen-bond donors (Lipinski definition) is 2. The molecule has 0 radical (unpaired) electrons. The molecular formula is C11H20N2O3S. The third-order valence-corrected chi connectivity index (χ3v) is 4.39. The van der Waals surface area contributed by atoms with E-state index in [0.717, 1.165) is 6.42 Å². The number of carbonyl (C=O) groups is 2. The van der Waals surface area contributed by atoms with Gasteiger partial charge in [0.2, 0.25) is 5.91 Å². The number of hydrogen-bond acceptors (Lipinski definition) is 4. The third kappa shape index (κ3) is 3.35. The zero-order valence-corrected chi connectivity index (χ0v) is 11.1. The number of carboxylic acids is 1. The summed E-state index contributed by atoms with van der Waals surface area (Å²) in [7, 11) is 0. The summed E-state index contributed by atoms with van der Waals surface area (Å²) in [5, 5.41) is 9.10. The van der Waals surface area contributed by atoms with Crippen LogP contribution in [0.1, 0.15) is 26.7 Å². The van der Waals surface area contributed by atoms with E-state index in [-0.39, 0.29) is 17.2 Å². The van der Waals surface area contributed by atoms with Crippen molar-refractivity contribution in [2.75, 3.05) is 12.3 Å². The lowest BCUT2D eigenvalue weighted by molar-refractivity contribution is -0.149. The predicted octanol–water partition coefficient (Wildman–Crippen LogP) is 0.736. The minimum atomic E-state index is -0.915. The Bertz CT molecular complexity index is 298. The Kier molecular flexibility index (Phi) is 5.27. The highest BCUT2D eigenvalue weighted by atomic mass is 32.2. The second kappa shape index (κ2) is 6.26. The van der Waals surface area contributed by atoms with Crippen molar-refractivity contribution in [3.05, 3.63) is 0 Å². The zero-order valence-electron chi connectivity index (χ0n) is 10.3. The Labute approximate surface area is 106 Å². The maximum absolute atomic E-state index is 12.1. The highest BCUT2D eigenvalue weighted by Gasteiger charge is 2.40. The van der Waals surface area contributed by atoms with Crippen LogP contribution >= 0.6 is 11.8 Å². The van der Waals surface area contributed by atoms with Crippen molar-refractivity contribution in [1.29, 1.82) is 0 Å². The summed E-state index contributed by atoms with van der Waals surface area (Å²) in [5.74, 6) is -0.425. The second-order valence-electron chi connectivity index (χ2n) is 4.40. The Balaban J connectivity index is 2.74. The van der Waals surface area contributed by atoms with Crippen LogP contribution in [0.15, 0.2) is 0 Å². The molecule has 3 unspecified atom stereocenters. The standard InChI is InChI=1S/C11H20N2O3S/c1-3-10-13(8(6-17-10)11(15)16)9(14)4-7(2)5-12/h7-8,10H,3-6,12H2,1-2H3,(H,15,16). The fourth-order valence-electron chi connectivity index (χ4n) is 1.89. The topological polar surface area (TPSA) is 83.6 Å². The molecule has 0 aromatic rings. The van der Waals surface area contributed by atoms with Gasteiger partial charge in [-0.15, -0.1) is 11.8 Å². The number of rotatable bonds is 5. The largest absolute Gasteiger partial charge is 0.480 e. The van der Waals surface area contributed by atoms with Crippen molar-refractivity contribution in [1.82, 2.24) is 4.90 Å². The van der Waals surface area contributed by atoms with E-state index < -0.39 is 12.0 Å². The van der Waals surface area contributed by atoms with Crippen LogP contribution in [0.3, 0.4) is 0 Å². The van der Waals surface area contributed by atoms with Crippen LogP contribution in [0.25, 0.3) is 0 Å². The van der Waals surface area contributed by atoms with Gasteiger partial charge in [0.25, 0.3) is 0 Å². The van der Waals surface area contributed by atoms with E-state index in [1.54, 1.807) is 11.8 Å². The van der Waals surface area contributed by atoms with Crippen LogP contribution < -0.4 is 5.73 Å². The van der Waals surface area contributed by atoms with Crippen LogP contribution in [-0.4, -0.2) is 45.6 Å². The second-order valence-corrected chi connectivity index (χ2v) is 5.61. The van der Waals surface area contributed by atoms with Gasteiger partial charge in [0.1, 0.15) is 6.04 Å². The fourth-order valence-corrected chi connectivity index (χ4v) is 3.26. The van der Waals surface area contributed by atoms with Gasteiger partial charge in [-0.3, -0.25) is 4.79 Å². The first-order valence-corrected chi connectivity index (χ1v) is 6.91. The molecule has 1 rings (SSSR count). The lowest BCUT2D eigenvalue weighted by Crippen LogP contribution is -2.46. The molecule has 6 heteroatoms. The Morgan fingerprint density at radius 1 is 1.59 bits per heavy atom. The molecule has 0 aliphatic carbocycles. The summed E-state index contributed by atoms with van der Waals surface area (Å²) in [4.78, 5) is 24.7. The molecule has 1 saturated heterocycles. The average molecular weight is 260 g/mol. The third-order valence-electron chi connectivity index (χ3n) is 2.94. The molecule has 1 fully saturated rings. The molecular weight excluding hydrogens is 240 g/mol. The SMILES string of the molecule is CCC1SCC(C(=O)O)N1C(=O)CC(C)CN. The lowest BCUT2D eigenvalue weighted by atomic mass is 10.1. The predicted molar refractivity (Wildman–Crippen MR) is 67.6 cm³/mol. The van der Waals surface area contributed by atoms with Gasteiger partial charge in [-0.05, 0) is 18.9 Å². The molecule has 1 amide bonds. The van der Waals surface area contributed by atoms with Crippen molar-refractivity contribution in [2.24, 2.45) is 11.7 Å². The van der Waals surface area contributed by atoms with Gasteiger partial charge in [0.15, 0.2) is 0 Å². The normalized spacial score (nSPS) is 25.9. The summed E-state index contributed by atoms with van der Waals surface area (Å²) in [6, 6.07) is -0.678. The van der Waals surface area contributed by atoms with Gasteiger partial charge in [-0.1, -0.05) is 13.8 Å². The molecule has 0 bridgehead atoms. The van der Waals surface area contributed by atoms with E-state index in [0.29, 0.717) is 18.7 Å². The molecule has 17 heavy (non-hydrogen) atoms. The quantitative estimate of drug-likeness (QED) is 0.761. The number of carboxylic acid groups (broad SMARTS) is 1. The Morgan fingerprint density at radius 2 is 2.24 bits per heavy atom. The van der Waals surface area contributed by atoms with E-state index in [2.05, 4.69) is 0 Å². The number of nitrogens with two attached hydrogens (primary N) is 1. The van der Waals surface area contributed by atoms with Crippen molar-refractivity contribution >= 4 is 23.6 Å². The van der Waals surface area contributed by atoms with Gasteiger partial charge < -0.3 is 15.7 Å². The molecule has 3 N–H and O–H groups in total. The molecule has 3 atom stereocenters. The lowest BCUT2D eigenvalue weighted by Gasteiger charge is -2.27. The maximum Gasteiger partial charge on any atom is 0.327 e. The van der Waals surface area contributed by atoms with E-state index in [4.69, 9.17) is 10.8 Å². The minimum absolute atomic E-state index is 0.00595. The number of amides is 1. The van der Waals surface area contributed by atoms with Crippen molar-refractivity contribution in [2.45, 2.75) is 38.1 Å². The molecule has 0 spiro atoms. The van der Waals surface area contributed by atoms with Crippen LogP contribution in [-0.2, 0) is 9.59 Å². The summed E-state index contributed by atoms with van der Waals surface area (Å²) >= 11 is 1.54. The Morgan fingerprint density at radius 3 is 2.71 bits per heavy atom. The zero-order chi connectivity index (χ0) is 13.0. The van der Waals surface area contributed by atoms with Crippen LogP contribution in [0, 0.1) is 5.92 Å². The van der Waals surface area contributed by atoms with Crippen LogP contribution in [0.4, 0.5) is 0 Å². The fraction of sp³-hybridized carbons (Fsp3) is 0.818. The molecule has 0 aromatic carbocycles. The van der Waals surface area contributed by atoms with Gasteiger partial charge in [-0.2, -0.15) is 0 Å². The average Bonchev–Trinajstić information content (AvgIpc) is 2.72. The first kappa shape index (κ1) is 14.3. The maximum atomic E-state index is 12.1. The Hall–Kier alpha value is -0.750. The molecule has 0 aromatic heterocycles. The van der Waals surface area contributed by atoms with Crippen LogP contribution in [0.5, 0.6) is 0 Å². The van der Waals surface area contributed by atoms with E-state index in [1.807, 2.05) is 13.8 Å². The molecule has 1 aliphatic heterocycles. The van der Waals surface area contributed by atoms with E-state index >= 15 is 0 Å². The summed E-state index contributed by atoms with van der Waals surface area (Å²) in [5.41, 5.74) is 5.49. The van der Waals surface area contributed by atoms with Crippen LogP contribution in [0.2, 0.25) is 0 Å². The monoisotopic (exact) mass is 260 g/mol. The highest BCUT2D eigenvalue weighted by molar-refractivity contribution is 8.00. The van der Waals surface area contributed by atoms with Crippen molar-refractivity contribution in [3.8, 4) is 0 Å². The molecule has 98 valence electrons. The summed E-state index contributed by atoms with van der Waals surface area (Å²) in [6.07, 6.45) is 1.11. The number of aliphatic carboxylic acids is 1. The van der Waals surface area contributed by atoms with E-state index in [9.17, 15) is 9.59 Å². The number of nitrogens with zero attached hydrogens (tertiary/aromatic N) is 1. The van der Waals surface area contributed by atoms with Gasteiger partial charge in [-0.25, -0.2) is 4.79 Å². The van der Waals surface area contributed by atoms with Gasteiger partial charge in [0, 0.05) is 12.2 Å². The molecule has 5 nitrogen and oxygen atoms in total. The van der Waals surface area contributed by atoms with Gasteiger partial charge in [0.05, 0.1) is 5.37 Å². The number of carbonyl (C=O) groups excluding carboxylic acids is 1. The van der Waals surface area contributed by atoms with Crippen molar-refractivity contribution in [3.63, 3.8) is 0 Å². The molecule has 1 aliphatic rings. The van der Waals surface area contributed by atoms with E-state index in [1.165, 1.54) is 4.90 Å². The molecule has 1 heterocycles. The molecule has 0 saturated carbocycles. The first-order valence-electron chi connectivity index (χ1n) is 5.86. The highest BCUT2D eigenvalue weighted by Crippen LogP contribution is 2.32. The number of thioether (sulfide) groups is 1.